The number of aromatic nitrogens is 2. The lowest BCUT2D eigenvalue weighted by Crippen LogP contribution is -2.04. The van der Waals surface area contributed by atoms with Gasteiger partial charge in [0.25, 0.3) is 0 Å². The SMILES string of the molecule is CC(C)c1nn(C)cc1CNc1cccc(OC(F)F)c1. The number of nitrogens with one attached hydrogen (secondary N) is 1. The molecule has 1 aromatic carbocycles. The van der Waals surface area contributed by atoms with Gasteiger partial charge in [0, 0.05) is 37.1 Å². The van der Waals surface area contributed by atoms with E-state index in [1.54, 1.807) is 16.8 Å². The van der Waals surface area contributed by atoms with Crippen LogP contribution in [0.15, 0.2) is 30.5 Å². The maximum atomic E-state index is 12.2. The van der Waals surface area contributed by atoms with Gasteiger partial charge in [-0.05, 0) is 18.1 Å². The molecule has 0 saturated carbocycles. The maximum absolute atomic E-state index is 12.2. The van der Waals surface area contributed by atoms with E-state index in [1.165, 1.54) is 6.07 Å². The van der Waals surface area contributed by atoms with Gasteiger partial charge in [-0.2, -0.15) is 13.9 Å². The molecule has 0 aliphatic carbocycles. The minimum absolute atomic E-state index is 0.144. The maximum Gasteiger partial charge on any atom is 0.387 e. The third-order valence-electron chi connectivity index (χ3n) is 3.03. The molecule has 1 heterocycles. The number of benzene rings is 1. The molecular weight excluding hydrogens is 276 g/mol. The lowest BCUT2D eigenvalue weighted by atomic mass is 10.1. The molecule has 0 atom stereocenters. The first-order valence-corrected chi connectivity index (χ1v) is 6.77. The van der Waals surface area contributed by atoms with Crippen molar-refractivity contribution in [2.24, 2.45) is 7.05 Å². The summed E-state index contributed by atoms with van der Waals surface area (Å²) in [6.45, 7) is 1.94. The number of hydrogen-bond donors (Lipinski definition) is 1. The molecule has 0 bridgehead atoms. The summed E-state index contributed by atoms with van der Waals surface area (Å²) in [5.74, 6) is 0.474. The van der Waals surface area contributed by atoms with E-state index in [0.717, 1.165) is 16.9 Å². The molecule has 2 aromatic rings. The Balaban J connectivity index is 2.06. The number of anilines is 1. The fourth-order valence-electron chi connectivity index (χ4n) is 2.16. The van der Waals surface area contributed by atoms with Crippen molar-refractivity contribution in [3.8, 4) is 5.75 Å². The van der Waals surface area contributed by atoms with Crippen molar-refractivity contribution in [3.05, 3.63) is 41.7 Å². The van der Waals surface area contributed by atoms with Crippen LogP contribution < -0.4 is 10.1 Å². The zero-order valence-corrected chi connectivity index (χ0v) is 12.3. The fraction of sp³-hybridized carbons (Fsp3) is 0.400. The van der Waals surface area contributed by atoms with Crippen LogP contribution in [0.1, 0.15) is 31.0 Å². The molecule has 0 spiro atoms. The van der Waals surface area contributed by atoms with Gasteiger partial charge in [-0.1, -0.05) is 19.9 Å². The summed E-state index contributed by atoms with van der Waals surface area (Å²) in [4.78, 5) is 0. The minimum Gasteiger partial charge on any atom is -0.435 e. The topological polar surface area (TPSA) is 39.1 Å². The van der Waals surface area contributed by atoms with Crippen LogP contribution in [0.3, 0.4) is 0 Å². The first-order valence-electron chi connectivity index (χ1n) is 6.77. The third kappa shape index (κ3) is 4.18. The zero-order valence-electron chi connectivity index (χ0n) is 12.3. The lowest BCUT2D eigenvalue weighted by Gasteiger charge is -2.10. The van der Waals surface area contributed by atoms with Crippen molar-refractivity contribution in [3.63, 3.8) is 0 Å². The van der Waals surface area contributed by atoms with E-state index in [2.05, 4.69) is 29.0 Å². The summed E-state index contributed by atoms with van der Waals surface area (Å²) < 4.78 is 30.6. The van der Waals surface area contributed by atoms with Gasteiger partial charge in [0.15, 0.2) is 0 Å². The first-order chi connectivity index (χ1) is 9.95. The van der Waals surface area contributed by atoms with Crippen LogP contribution in [-0.4, -0.2) is 16.4 Å². The highest BCUT2D eigenvalue weighted by Crippen LogP contribution is 2.22. The Morgan fingerprint density at radius 3 is 2.76 bits per heavy atom. The van der Waals surface area contributed by atoms with Crippen molar-refractivity contribution in [1.82, 2.24) is 9.78 Å². The average molecular weight is 295 g/mol. The summed E-state index contributed by atoms with van der Waals surface area (Å²) in [6, 6.07) is 6.54. The van der Waals surface area contributed by atoms with Crippen LogP contribution in [0.2, 0.25) is 0 Å². The highest BCUT2D eigenvalue weighted by molar-refractivity contribution is 5.48. The fourth-order valence-corrected chi connectivity index (χ4v) is 2.16. The molecule has 0 aliphatic rings. The van der Waals surface area contributed by atoms with Crippen LogP contribution in [-0.2, 0) is 13.6 Å². The predicted octanol–water partition coefficient (Wildman–Crippen LogP) is 3.76. The van der Waals surface area contributed by atoms with Crippen molar-refractivity contribution in [2.45, 2.75) is 32.9 Å². The Labute approximate surface area is 122 Å². The van der Waals surface area contributed by atoms with Gasteiger partial charge >= 0.3 is 6.61 Å². The van der Waals surface area contributed by atoms with E-state index in [9.17, 15) is 8.78 Å². The summed E-state index contributed by atoms with van der Waals surface area (Å²) >= 11 is 0. The molecule has 0 unspecified atom stereocenters. The van der Waals surface area contributed by atoms with Gasteiger partial charge in [-0.15, -0.1) is 0 Å². The molecule has 0 amide bonds. The van der Waals surface area contributed by atoms with E-state index < -0.39 is 6.61 Å². The predicted molar refractivity (Wildman–Crippen MR) is 77.7 cm³/mol. The molecule has 4 nitrogen and oxygen atoms in total. The van der Waals surface area contributed by atoms with E-state index in [-0.39, 0.29) is 5.75 Å². The quantitative estimate of drug-likeness (QED) is 0.882. The van der Waals surface area contributed by atoms with Crippen LogP contribution in [0.5, 0.6) is 5.75 Å². The van der Waals surface area contributed by atoms with Crippen molar-refractivity contribution >= 4 is 5.69 Å². The van der Waals surface area contributed by atoms with Crippen LogP contribution in [0, 0.1) is 0 Å². The van der Waals surface area contributed by atoms with Crippen LogP contribution in [0.4, 0.5) is 14.5 Å². The molecule has 0 fully saturated rings. The van der Waals surface area contributed by atoms with Gasteiger partial charge in [-0.3, -0.25) is 4.68 Å². The Morgan fingerprint density at radius 1 is 1.33 bits per heavy atom. The Bertz CT molecular complexity index is 596. The van der Waals surface area contributed by atoms with E-state index in [4.69, 9.17) is 0 Å². The normalized spacial score (nSPS) is 11.2. The van der Waals surface area contributed by atoms with Crippen molar-refractivity contribution in [2.75, 3.05) is 5.32 Å². The second-order valence-electron chi connectivity index (χ2n) is 5.13. The van der Waals surface area contributed by atoms with Crippen molar-refractivity contribution in [1.29, 1.82) is 0 Å². The van der Waals surface area contributed by atoms with E-state index >= 15 is 0 Å². The van der Waals surface area contributed by atoms with E-state index in [1.807, 2.05) is 19.3 Å². The van der Waals surface area contributed by atoms with Gasteiger partial charge in [0.05, 0.1) is 5.69 Å². The summed E-state index contributed by atoms with van der Waals surface area (Å²) in [5, 5.41) is 7.64. The molecule has 114 valence electrons. The zero-order chi connectivity index (χ0) is 15.4. The largest absolute Gasteiger partial charge is 0.435 e. The van der Waals surface area contributed by atoms with Gasteiger partial charge < -0.3 is 10.1 Å². The minimum atomic E-state index is -2.81. The number of nitrogens with zero attached hydrogens (tertiary/aromatic N) is 2. The molecule has 0 radical (unpaired) electrons. The molecule has 2 rings (SSSR count). The molecule has 6 heteroatoms. The number of hydrogen-bond acceptors (Lipinski definition) is 3. The molecular formula is C15H19F2N3O. The molecule has 0 saturated heterocycles. The molecule has 1 aromatic heterocycles. The number of ether oxygens (including phenoxy) is 1. The monoisotopic (exact) mass is 295 g/mol. The standard InChI is InChI=1S/C15H19F2N3O/c1-10(2)14-11(9-20(3)19-14)8-18-12-5-4-6-13(7-12)21-15(16)17/h4-7,9-10,15,18H,8H2,1-3H3. The number of rotatable bonds is 6. The smallest absolute Gasteiger partial charge is 0.387 e. The van der Waals surface area contributed by atoms with Gasteiger partial charge in [0.2, 0.25) is 0 Å². The Morgan fingerprint density at radius 2 is 2.10 bits per heavy atom. The Kier molecular flexibility index (Phi) is 4.77. The van der Waals surface area contributed by atoms with Crippen LogP contribution >= 0.6 is 0 Å². The molecule has 1 N–H and O–H groups in total. The summed E-state index contributed by atoms with van der Waals surface area (Å²) in [6.07, 6.45) is 1.96. The number of halogens is 2. The third-order valence-corrected chi connectivity index (χ3v) is 3.03. The molecule has 21 heavy (non-hydrogen) atoms. The number of aryl methyl sites for hydroxylation is 1. The lowest BCUT2D eigenvalue weighted by molar-refractivity contribution is -0.0498. The first kappa shape index (κ1) is 15.3. The highest BCUT2D eigenvalue weighted by Gasteiger charge is 2.11. The summed E-state index contributed by atoms with van der Waals surface area (Å²) in [7, 11) is 1.88. The Hall–Kier alpha value is -2.11. The van der Waals surface area contributed by atoms with Crippen LogP contribution in [0.25, 0.3) is 0 Å². The van der Waals surface area contributed by atoms with E-state index in [0.29, 0.717) is 12.5 Å². The summed E-state index contributed by atoms with van der Waals surface area (Å²) in [5.41, 5.74) is 2.85. The highest BCUT2D eigenvalue weighted by atomic mass is 19.3. The number of alkyl halides is 2. The average Bonchev–Trinajstić information content (AvgIpc) is 2.77. The second-order valence-corrected chi connectivity index (χ2v) is 5.13. The van der Waals surface area contributed by atoms with Gasteiger partial charge in [0.1, 0.15) is 5.75 Å². The van der Waals surface area contributed by atoms with Gasteiger partial charge in [-0.25, -0.2) is 0 Å². The van der Waals surface area contributed by atoms with Crippen molar-refractivity contribution < 1.29 is 13.5 Å². The second kappa shape index (κ2) is 6.56. The molecule has 0 aliphatic heterocycles.